The van der Waals surface area contributed by atoms with Gasteiger partial charge in [-0.05, 0) is 19.1 Å². The first-order chi connectivity index (χ1) is 9.08. The third-order valence-electron chi connectivity index (χ3n) is 2.54. The number of nitrogens with zero attached hydrogens (tertiary/aromatic N) is 2. The Kier molecular flexibility index (Phi) is 3.61. The average Bonchev–Trinajstić information content (AvgIpc) is 2.90. The highest BCUT2D eigenvalue weighted by Crippen LogP contribution is 2.17. The fourth-order valence-corrected chi connectivity index (χ4v) is 1.60. The molecular formula is C13H12N2O4. The molecule has 98 valence electrons. The summed E-state index contributed by atoms with van der Waals surface area (Å²) in [7, 11) is 0. The van der Waals surface area contributed by atoms with Crippen molar-refractivity contribution in [3.8, 4) is 0 Å². The van der Waals surface area contributed by atoms with E-state index in [2.05, 4.69) is 9.68 Å². The maximum atomic E-state index is 12.2. The monoisotopic (exact) mass is 260 g/mol. The summed E-state index contributed by atoms with van der Waals surface area (Å²) in [6, 6.07) is 8.39. The first-order valence-electron chi connectivity index (χ1n) is 5.58. The Morgan fingerprint density at radius 2 is 1.95 bits per heavy atom. The molecule has 2 rings (SSSR count). The van der Waals surface area contributed by atoms with Crippen LogP contribution in [0.25, 0.3) is 0 Å². The molecule has 0 aliphatic heterocycles. The Morgan fingerprint density at radius 3 is 2.47 bits per heavy atom. The molecule has 0 radical (unpaired) electrons. The van der Waals surface area contributed by atoms with Gasteiger partial charge in [0.2, 0.25) is 0 Å². The zero-order valence-electron chi connectivity index (χ0n) is 10.2. The van der Waals surface area contributed by atoms with Crippen LogP contribution in [-0.4, -0.2) is 28.7 Å². The largest absolute Gasteiger partial charge is 0.480 e. The third-order valence-corrected chi connectivity index (χ3v) is 2.54. The Morgan fingerprint density at radius 1 is 1.26 bits per heavy atom. The molecule has 0 aliphatic carbocycles. The zero-order valence-corrected chi connectivity index (χ0v) is 10.2. The van der Waals surface area contributed by atoms with Gasteiger partial charge < -0.3 is 9.63 Å². The van der Waals surface area contributed by atoms with Crippen molar-refractivity contribution in [3.63, 3.8) is 0 Å². The van der Waals surface area contributed by atoms with Crippen molar-refractivity contribution in [2.45, 2.75) is 6.92 Å². The predicted molar refractivity (Wildman–Crippen MR) is 67.0 cm³/mol. The van der Waals surface area contributed by atoms with E-state index in [-0.39, 0.29) is 5.69 Å². The summed E-state index contributed by atoms with van der Waals surface area (Å²) in [5, 5.41) is 12.4. The summed E-state index contributed by atoms with van der Waals surface area (Å²) < 4.78 is 4.60. The Labute approximate surface area is 109 Å². The second-order valence-electron chi connectivity index (χ2n) is 4.01. The molecule has 1 aromatic heterocycles. The Hall–Kier alpha value is -2.63. The molecule has 1 amide bonds. The van der Waals surface area contributed by atoms with Crippen molar-refractivity contribution in [2.75, 3.05) is 11.4 Å². The van der Waals surface area contributed by atoms with Gasteiger partial charge in [0.05, 0.1) is 0 Å². The number of aromatic nitrogens is 1. The summed E-state index contributed by atoms with van der Waals surface area (Å²) in [6.07, 6.45) is 1.27. The summed E-state index contributed by atoms with van der Waals surface area (Å²) in [5.74, 6) is -1.61. The van der Waals surface area contributed by atoms with Crippen molar-refractivity contribution in [1.29, 1.82) is 0 Å². The summed E-state index contributed by atoms with van der Waals surface area (Å²) in [4.78, 5) is 24.2. The van der Waals surface area contributed by atoms with Gasteiger partial charge in [-0.3, -0.25) is 14.5 Å². The second kappa shape index (κ2) is 5.34. The maximum absolute atomic E-state index is 12.2. The van der Waals surface area contributed by atoms with Gasteiger partial charge in [-0.25, -0.2) is 0 Å². The first-order valence-corrected chi connectivity index (χ1v) is 5.58. The molecule has 6 nitrogen and oxygen atoms in total. The quantitative estimate of drug-likeness (QED) is 0.904. The van der Waals surface area contributed by atoms with E-state index in [0.29, 0.717) is 5.69 Å². The number of carboxylic acid groups (broad SMARTS) is 1. The van der Waals surface area contributed by atoms with Crippen LogP contribution in [0.2, 0.25) is 0 Å². The van der Waals surface area contributed by atoms with Crippen molar-refractivity contribution in [3.05, 3.63) is 47.9 Å². The Balaban J connectivity index is 2.33. The van der Waals surface area contributed by atoms with Gasteiger partial charge in [0.1, 0.15) is 12.8 Å². The normalized spacial score (nSPS) is 10.2. The number of hydrogen-bond acceptors (Lipinski definition) is 4. The van der Waals surface area contributed by atoms with E-state index in [1.54, 1.807) is 24.3 Å². The molecule has 1 N–H and O–H groups in total. The standard InChI is InChI=1S/C13H12N2O4/c1-9-2-4-10(5-3-9)15(8-12(16)17)13(18)11-6-7-19-14-11/h2-7H,8H2,1H3,(H,16,17). The van der Waals surface area contributed by atoms with Gasteiger partial charge >= 0.3 is 5.97 Å². The van der Waals surface area contributed by atoms with E-state index in [1.807, 2.05) is 6.92 Å². The Bertz CT molecular complexity index is 575. The predicted octanol–water partition coefficient (Wildman–Crippen LogP) is 1.71. The van der Waals surface area contributed by atoms with Crippen LogP contribution in [0.1, 0.15) is 16.1 Å². The van der Waals surface area contributed by atoms with E-state index in [0.717, 1.165) is 10.5 Å². The van der Waals surface area contributed by atoms with Gasteiger partial charge in [-0.15, -0.1) is 0 Å². The number of aliphatic carboxylic acids is 1. The molecule has 0 atom stereocenters. The third kappa shape index (κ3) is 2.98. The van der Waals surface area contributed by atoms with Crippen LogP contribution in [0.5, 0.6) is 0 Å². The minimum Gasteiger partial charge on any atom is -0.480 e. The van der Waals surface area contributed by atoms with Crippen molar-refractivity contribution >= 4 is 17.6 Å². The lowest BCUT2D eigenvalue weighted by Gasteiger charge is -2.19. The zero-order chi connectivity index (χ0) is 13.8. The van der Waals surface area contributed by atoms with E-state index in [4.69, 9.17) is 5.11 Å². The van der Waals surface area contributed by atoms with E-state index in [1.165, 1.54) is 12.3 Å². The lowest BCUT2D eigenvalue weighted by atomic mass is 10.2. The van der Waals surface area contributed by atoms with E-state index >= 15 is 0 Å². The number of rotatable bonds is 4. The number of anilines is 1. The van der Waals surface area contributed by atoms with E-state index in [9.17, 15) is 9.59 Å². The minimum absolute atomic E-state index is 0.0711. The lowest BCUT2D eigenvalue weighted by molar-refractivity contribution is -0.135. The molecule has 2 aromatic rings. The average molecular weight is 260 g/mol. The van der Waals surface area contributed by atoms with Crippen molar-refractivity contribution in [1.82, 2.24) is 5.16 Å². The molecule has 0 saturated heterocycles. The van der Waals surface area contributed by atoms with Crippen LogP contribution >= 0.6 is 0 Å². The number of benzene rings is 1. The molecule has 19 heavy (non-hydrogen) atoms. The molecule has 6 heteroatoms. The molecule has 0 spiro atoms. The number of aryl methyl sites for hydroxylation is 1. The van der Waals surface area contributed by atoms with Gasteiger partial charge in [0.15, 0.2) is 5.69 Å². The number of carbonyl (C=O) groups excluding carboxylic acids is 1. The lowest BCUT2D eigenvalue weighted by Crippen LogP contribution is -2.35. The van der Waals surface area contributed by atoms with Crippen molar-refractivity contribution in [2.24, 2.45) is 0 Å². The SMILES string of the molecule is Cc1ccc(N(CC(=O)O)C(=O)c2ccon2)cc1. The molecule has 0 bridgehead atoms. The molecule has 0 fully saturated rings. The fourth-order valence-electron chi connectivity index (χ4n) is 1.60. The molecule has 0 saturated carbocycles. The number of hydrogen-bond donors (Lipinski definition) is 1. The maximum Gasteiger partial charge on any atom is 0.323 e. The topological polar surface area (TPSA) is 83.6 Å². The molecular weight excluding hydrogens is 248 g/mol. The van der Waals surface area contributed by atoms with Crippen molar-refractivity contribution < 1.29 is 19.2 Å². The van der Waals surface area contributed by atoms with Crippen LogP contribution in [0.4, 0.5) is 5.69 Å². The van der Waals surface area contributed by atoms with E-state index < -0.39 is 18.4 Å². The minimum atomic E-state index is -1.10. The summed E-state index contributed by atoms with van der Waals surface area (Å²) in [6.45, 7) is 1.47. The van der Waals surface area contributed by atoms with Crippen LogP contribution in [0.3, 0.4) is 0 Å². The first kappa shape index (κ1) is 12.8. The number of carboxylic acids is 1. The number of carbonyl (C=O) groups is 2. The second-order valence-corrected chi connectivity index (χ2v) is 4.01. The smallest absolute Gasteiger partial charge is 0.323 e. The molecule has 0 aliphatic rings. The van der Waals surface area contributed by atoms with Crippen LogP contribution < -0.4 is 4.90 Å². The highest BCUT2D eigenvalue weighted by molar-refractivity contribution is 6.06. The van der Waals surface area contributed by atoms with Crippen LogP contribution in [0, 0.1) is 6.92 Å². The molecule has 1 heterocycles. The van der Waals surface area contributed by atoms with Gasteiger partial charge in [0, 0.05) is 11.8 Å². The van der Waals surface area contributed by atoms with Crippen LogP contribution in [0.15, 0.2) is 41.1 Å². The van der Waals surface area contributed by atoms with Gasteiger partial charge in [0.25, 0.3) is 5.91 Å². The highest BCUT2D eigenvalue weighted by Gasteiger charge is 2.22. The van der Waals surface area contributed by atoms with Gasteiger partial charge in [-0.1, -0.05) is 22.9 Å². The molecule has 1 aromatic carbocycles. The molecule has 0 unspecified atom stereocenters. The summed E-state index contributed by atoms with van der Waals surface area (Å²) >= 11 is 0. The highest BCUT2D eigenvalue weighted by atomic mass is 16.5. The van der Waals surface area contributed by atoms with Gasteiger partial charge in [-0.2, -0.15) is 0 Å². The van der Waals surface area contributed by atoms with Crippen LogP contribution in [-0.2, 0) is 4.79 Å². The fraction of sp³-hybridized carbons (Fsp3) is 0.154. The number of amides is 1. The summed E-state index contributed by atoms with van der Waals surface area (Å²) in [5.41, 5.74) is 1.59.